The molecule has 0 aromatic carbocycles. The van der Waals surface area contributed by atoms with Crippen molar-refractivity contribution in [1.82, 2.24) is 14.9 Å². The van der Waals surface area contributed by atoms with Gasteiger partial charge in [0, 0.05) is 25.2 Å². The maximum absolute atomic E-state index is 5.39. The van der Waals surface area contributed by atoms with Crippen LogP contribution in [0.15, 0.2) is 11.2 Å². The van der Waals surface area contributed by atoms with Crippen molar-refractivity contribution in [2.24, 2.45) is 5.84 Å². The summed E-state index contributed by atoms with van der Waals surface area (Å²) in [6.07, 6.45) is 3.10. The molecular formula is C12H24N6S. The van der Waals surface area contributed by atoms with Gasteiger partial charge < -0.3 is 15.6 Å². The van der Waals surface area contributed by atoms with E-state index in [9.17, 15) is 0 Å². The molecule has 1 heterocycles. The highest BCUT2D eigenvalue weighted by atomic mass is 32.2. The molecule has 0 amide bonds. The van der Waals surface area contributed by atoms with Gasteiger partial charge in [-0.15, -0.1) is 0 Å². The van der Waals surface area contributed by atoms with Gasteiger partial charge in [-0.3, -0.25) is 0 Å². The minimum absolute atomic E-state index is 0.593. The SMILES string of the molecule is CCC(C)N(C)CCNc1cc(NN)nc(SC)n1. The van der Waals surface area contributed by atoms with E-state index >= 15 is 0 Å². The molecule has 0 saturated heterocycles. The van der Waals surface area contributed by atoms with Crippen LogP contribution in [0, 0.1) is 0 Å². The molecule has 0 spiro atoms. The smallest absolute Gasteiger partial charge is 0.191 e. The summed E-state index contributed by atoms with van der Waals surface area (Å²) in [5.41, 5.74) is 2.55. The highest BCUT2D eigenvalue weighted by Crippen LogP contribution is 2.16. The van der Waals surface area contributed by atoms with E-state index in [1.54, 1.807) is 0 Å². The van der Waals surface area contributed by atoms with Gasteiger partial charge in [0.05, 0.1) is 0 Å². The number of nitrogens with two attached hydrogens (primary N) is 1. The third-order valence-corrected chi connectivity index (χ3v) is 3.70. The van der Waals surface area contributed by atoms with Crippen molar-refractivity contribution < 1.29 is 0 Å². The summed E-state index contributed by atoms with van der Waals surface area (Å²) in [7, 11) is 2.13. The molecule has 7 heteroatoms. The second-order valence-corrected chi connectivity index (χ2v) is 5.21. The van der Waals surface area contributed by atoms with E-state index in [1.807, 2.05) is 12.3 Å². The van der Waals surface area contributed by atoms with Gasteiger partial charge in [0.25, 0.3) is 0 Å². The standard InChI is InChI=1S/C12H24N6S/c1-5-9(2)18(3)7-6-14-10-8-11(17-13)16-12(15-10)19-4/h8-9H,5-7,13H2,1-4H3,(H2,14,15,16,17). The molecule has 0 bridgehead atoms. The van der Waals surface area contributed by atoms with Crippen LogP contribution in [0.1, 0.15) is 20.3 Å². The zero-order valence-corrected chi connectivity index (χ0v) is 12.9. The van der Waals surface area contributed by atoms with Crippen LogP contribution < -0.4 is 16.6 Å². The van der Waals surface area contributed by atoms with Crippen LogP contribution in [-0.4, -0.2) is 47.3 Å². The predicted octanol–water partition coefficient (Wildman–Crippen LogP) is 1.63. The molecule has 1 unspecified atom stereocenters. The molecule has 0 aliphatic rings. The Labute approximate surface area is 119 Å². The number of aromatic nitrogens is 2. The fourth-order valence-electron chi connectivity index (χ4n) is 1.57. The molecule has 0 radical (unpaired) electrons. The molecule has 1 rings (SSSR count). The van der Waals surface area contributed by atoms with Crippen molar-refractivity contribution in [1.29, 1.82) is 0 Å². The molecule has 19 heavy (non-hydrogen) atoms. The lowest BCUT2D eigenvalue weighted by Gasteiger charge is -2.23. The lowest BCUT2D eigenvalue weighted by atomic mass is 10.2. The largest absolute Gasteiger partial charge is 0.369 e. The van der Waals surface area contributed by atoms with E-state index in [1.165, 1.54) is 11.8 Å². The van der Waals surface area contributed by atoms with Gasteiger partial charge in [-0.05, 0) is 26.6 Å². The number of anilines is 2. The number of thioether (sulfide) groups is 1. The molecule has 6 nitrogen and oxygen atoms in total. The van der Waals surface area contributed by atoms with Crippen molar-refractivity contribution in [3.8, 4) is 0 Å². The minimum Gasteiger partial charge on any atom is -0.369 e. The van der Waals surface area contributed by atoms with Gasteiger partial charge >= 0.3 is 0 Å². The Kier molecular flexibility index (Phi) is 6.90. The van der Waals surface area contributed by atoms with Crippen LogP contribution in [0.5, 0.6) is 0 Å². The van der Waals surface area contributed by atoms with Crippen LogP contribution in [0.25, 0.3) is 0 Å². The van der Waals surface area contributed by atoms with Crippen molar-refractivity contribution in [3.63, 3.8) is 0 Å². The average Bonchev–Trinajstić information content (AvgIpc) is 2.45. The first-order chi connectivity index (χ1) is 9.10. The van der Waals surface area contributed by atoms with E-state index in [0.717, 1.165) is 25.3 Å². The van der Waals surface area contributed by atoms with Crippen LogP contribution in [0.2, 0.25) is 0 Å². The molecule has 1 aromatic heterocycles. The number of hydrogen-bond acceptors (Lipinski definition) is 7. The Hall–Kier alpha value is -1.05. The molecule has 4 N–H and O–H groups in total. The van der Waals surface area contributed by atoms with Crippen molar-refractivity contribution >= 4 is 23.4 Å². The second kappa shape index (κ2) is 8.19. The molecule has 0 saturated carbocycles. The zero-order valence-electron chi connectivity index (χ0n) is 12.1. The summed E-state index contributed by atoms with van der Waals surface area (Å²) in [6.45, 7) is 6.24. The molecule has 1 aromatic rings. The van der Waals surface area contributed by atoms with Crippen LogP contribution in [0.4, 0.5) is 11.6 Å². The lowest BCUT2D eigenvalue weighted by Crippen LogP contribution is -2.32. The van der Waals surface area contributed by atoms with Crippen molar-refractivity contribution in [2.45, 2.75) is 31.5 Å². The zero-order chi connectivity index (χ0) is 14.3. The van der Waals surface area contributed by atoms with Crippen LogP contribution in [-0.2, 0) is 0 Å². The fourth-order valence-corrected chi connectivity index (χ4v) is 1.95. The average molecular weight is 284 g/mol. The number of nitrogens with zero attached hydrogens (tertiary/aromatic N) is 3. The van der Waals surface area contributed by atoms with Crippen LogP contribution in [0.3, 0.4) is 0 Å². The summed E-state index contributed by atoms with van der Waals surface area (Å²) in [5, 5.41) is 4.00. The first-order valence-electron chi connectivity index (χ1n) is 6.44. The van der Waals surface area contributed by atoms with Gasteiger partial charge in [-0.25, -0.2) is 15.8 Å². The van der Waals surface area contributed by atoms with E-state index in [-0.39, 0.29) is 0 Å². The Balaban J connectivity index is 2.53. The molecule has 0 aliphatic carbocycles. The second-order valence-electron chi connectivity index (χ2n) is 4.43. The van der Waals surface area contributed by atoms with E-state index in [4.69, 9.17) is 5.84 Å². The van der Waals surface area contributed by atoms with E-state index in [2.05, 4.69) is 46.5 Å². The molecule has 108 valence electrons. The molecule has 0 fully saturated rings. The maximum Gasteiger partial charge on any atom is 0.191 e. The van der Waals surface area contributed by atoms with Crippen LogP contribution >= 0.6 is 11.8 Å². The number of rotatable bonds is 8. The van der Waals surface area contributed by atoms with Gasteiger partial charge in [0.1, 0.15) is 11.6 Å². The summed E-state index contributed by atoms with van der Waals surface area (Å²) < 4.78 is 0. The summed E-state index contributed by atoms with van der Waals surface area (Å²) in [4.78, 5) is 10.9. The molecule has 1 atom stereocenters. The minimum atomic E-state index is 0.593. The predicted molar refractivity (Wildman–Crippen MR) is 82.5 cm³/mol. The Bertz CT molecular complexity index is 364. The number of hydrazine groups is 1. The third-order valence-electron chi connectivity index (χ3n) is 3.15. The summed E-state index contributed by atoms with van der Waals surface area (Å²) >= 11 is 1.49. The molecule has 0 aliphatic heterocycles. The first-order valence-corrected chi connectivity index (χ1v) is 7.67. The van der Waals surface area contributed by atoms with E-state index in [0.29, 0.717) is 17.0 Å². The first kappa shape index (κ1) is 16.0. The topological polar surface area (TPSA) is 79.1 Å². The number of likely N-dealkylation sites (N-methyl/N-ethyl adjacent to an activating group) is 1. The van der Waals surface area contributed by atoms with Gasteiger partial charge in [-0.1, -0.05) is 18.7 Å². The fraction of sp³-hybridized carbons (Fsp3) is 0.667. The summed E-state index contributed by atoms with van der Waals surface area (Å²) in [5.74, 6) is 6.81. The van der Waals surface area contributed by atoms with Gasteiger partial charge in [0.15, 0.2) is 5.16 Å². The monoisotopic (exact) mass is 284 g/mol. The maximum atomic E-state index is 5.39. The Morgan fingerprint density at radius 1 is 1.42 bits per heavy atom. The number of nitrogen functional groups attached to an aromatic ring is 1. The quantitative estimate of drug-likeness (QED) is 0.290. The normalized spacial score (nSPS) is 12.5. The lowest BCUT2D eigenvalue weighted by molar-refractivity contribution is 0.261. The summed E-state index contributed by atoms with van der Waals surface area (Å²) in [6, 6.07) is 2.40. The number of nitrogens with one attached hydrogen (secondary N) is 2. The number of hydrogen-bond donors (Lipinski definition) is 3. The highest BCUT2D eigenvalue weighted by Gasteiger charge is 2.07. The van der Waals surface area contributed by atoms with Gasteiger partial charge in [0.2, 0.25) is 0 Å². The van der Waals surface area contributed by atoms with E-state index < -0.39 is 0 Å². The van der Waals surface area contributed by atoms with Gasteiger partial charge in [-0.2, -0.15) is 0 Å². The third kappa shape index (κ3) is 5.22. The Morgan fingerprint density at radius 3 is 2.68 bits per heavy atom. The molecular weight excluding hydrogens is 260 g/mol. The Morgan fingerprint density at radius 2 is 2.11 bits per heavy atom. The van der Waals surface area contributed by atoms with Crippen molar-refractivity contribution in [2.75, 3.05) is 37.1 Å². The highest BCUT2D eigenvalue weighted by molar-refractivity contribution is 7.98. The van der Waals surface area contributed by atoms with Crippen molar-refractivity contribution in [3.05, 3.63) is 6.07 Å².